The maximum absolute atomic E-state index is 12.9. The van der Waals surface area contributed by atoms with E-state index in [2.05, 4.69) is 25.6 Å². The summed E-state index contributed by atoms with van der Waals surface area (Å²) in [6.07, 6.45) is 5.54. The second kappa shape index (κ2) is 8.01. The molecular weight excluding hydrogens is 346 g/mol. The average Bonchev–Trinajstić information content (AvgIpc) is 2.70. The summed E-state index contributed by atoms with van der Waals surface area (Å²) in [6, 6.07) is 0.217. The lowest BCUT2D eigenvalue weighted by molar-refractivity contribution is 0.122. The van der Waals surface area contributed by atoms with Crippen LogP contribution in [-0.4, -0.2) is 65.4 Å². The van der Waals surface area contributed by atoms with Crippen LogP contribution in [0.3, 0.4) is 0 Å². The molecule has 144 valence electrons. The van der Waals surface area contributed by atoms with E-state index in [-0.39, 0.29) is 11.6 Å². The van der Waals surface area contributed by atoms with E-state index in [0.29, 0.717) is 49.5 Å². The first-order valence-electron chi connectivity index (χ1n) is 9.44. The Hall–Kier alpha value is -2.52. The van der Waals surface area contributed by atoms with Gasteiger partial charge in [0.1, 0.15) is 11.4 Å². The summed E-state index contributed by atoms with van der Waals surface area (Å²) in [6.45, 7) is 6.44. The molecule has 2 aromatic heterocycles. The van der Waals surface area contributed by atoms with Gasteiger partial charge in [0.15, 0.2) is 5.82 Å². The third-order valence-electron chi connectivity index (χ3n) is 4.86. The Balaban J connectivity index is 1.73. The molecule has 0 saturated carbocycles. The summed E-state index contributed by atoms with van der Waals surface area (Å²) in [4.78, 5) is 31.3. The zero-order chi connectivity index (χ0) is 18.6. The molecule has 27 heavy (non-hydrogen) atoms. The van der Waals surface area contributed by atoms with Crippen molar-refractivity contribution in [3.63, 3.8) is 0 Å². The molecule has 9 heteroatoms. The number of morpholine rings is 1. The molecule has 4 rings (SSSR count). The second-order valence-electron chi connectivity index (χ2n) is 6.98. The summed E-state index contributed by atoms with van der Waals surface area (Å²) >= 11 is 0. The quantitative estimate of drug-likeness (QED) is 0.715. The van der Waals surface area contributed by atoms with Crippen molar-refractivity contribution in [1.82, 2.24) is 25.3 Å². The number of ether oxygens (including phenoxy) is 1. The Morgan fingerprint density at radius 1 is 1.26 bits per heavy atom. The molecule has 1 atom stereocenters. The Morgan fingerprint density at radius 2 is 2.04 bits per heavy atom. The van der Waals surface area contributed by atoms with E-state index in [9.17, 15) is 4.79 Å². The number of aromatic nitrogens is 4. The minimum Gasteiger partial charge on any atom is -0.378 e. The maximum Gasteiger partial charge on any atom is 0.265 e. The molecule has 2 fully saturated rings. The van der Waals surface area contributed by atoms with Crippen molar-refractivity contribution in [3.05, 3.63) is 28.3 Å². The molecule has 2 saturated heterocycles. The smallest absolute Gasteiger partial charge is 0.265 e. The van der Waals surface area contributed by atoms with E-state index < -0.39 is 0 Å². The molecule has 0 aliphatic carbocycles. The number of H-pyrrole nitrogens is 1. The lowest BCUT2D eigenvalue weighted by atomic mass is 10.1. The molecule has 0 aromatic carbocycles. The highest BCUT2D eigenvalue weighted by Crippen LogP contribution is 2.23. The van der Waals surface area contributed by atoms with Crippen LogP contribution in [-0.2, 0) is 4.74 Å². The predicted molar refractivity (Wildman–Crippen MR) is 103 cm³/mol. The molecule has 0 radical (unpaired) electrons. The number of piperidine rings is 1. The molecular formula is C18H25N7O2. The summed E-state index contributed by atoms with van der Waals surface area (Å²) in [5, 5.41) is 6.83. The van der Waals surface area contributed by atoms with Gasteiger partial charge in [0.2, 0.25) is 5.95 Å². The molecule has 2 aromatic rings. The van der Waals surface area contributed by atoms with E-state index in [4.69, 9.17) is 9.72 Å². The van der Waals surface area contributed by atoms with Crippen molar-refractivity contribution >= 4 is 11.8 Å². The zero-order valence-corrected chi connectivity index (χ0v) is 15.5. The van der Waals surface area contributed by atoms with E-state index in [1.165, 1.54) is 0 Å². The maximum atomic E-state index is 12.9. The number of anilines is 2. The molecule has 0 unspecified atom stereocenters. The van der Waals surface area contributed by atoms with Gasteiger partial charge in [0.05, 0.1) is 13.2 Å². The molecule has 0 bridgehead atoms. The van der Waals surface area contributed by atoms with Gasteiger partial charge >= 0.3 is 0 Å². The van der Waals surface area contributed by atoms with Crippen LogP contribution in [0.1, 0.15) is 18.4 Å². The van der Waals surface area contributed by atoms with Crippen LogP contribution >= 0.6 is 0 Å². The standard InChI is InChI=1S/C18H25N7O2/c1-12-9-20-15(21-10-12)14-16(22-13-3-2-4-19-11-13)23-18(24-17(14)26)25-5-7-27-8-6-25/h9-10,13,19H,2-8,11H2,1H3,(H2,22,23,24,26)/t13-/m1/s1. The van der Waals surface area contributed by atoms with Crippen LogP contribution in [0, 0.1) is 6.92 Å². The van der Waals surface area contributed by atoms with Crippen LogP contribution in [0.2, 0.25) is 0 Å². The number of nitrogens with zero attached hydrogens (tertiary/aromatic N) is 4. The largest absolute Gasteiger partial charge is 0.378 e. The van der Waals surface area contributed by atoms with Crippen molar-refractivity contribution in [2.24, 2.45) is 0 Å². The summed E-state index contributed by atoms with van der Waals surface area (Å²) in [7, 11) is 0. The highest BCUT2D eigenvalue weighted by molar-refractivity contribution is 5.70. The molecule has 3 N–H and O–H groups in total. The summed E-state index contributed by atoms with van der Waals surface area (Å²) < 4.78 is 5.40. The minimum atomic E-state index is -0.235. The minimum absolute atomic E-state index is 0.217. The van der Waals surface area contributed by atoms with Crippen molar-refractivity contribution in [2.75, 3.05) is 49.6 Å². The number of aryl methyl sites for hydroxylation is 1. The van der Waals surface area contributed by atoms with Crippen LogP contribution in [0.4, 0.5) is 11.8 Å². The number of rotatable bonds is 4. The molecule has 0 spiro atoms. The van der Waals surface area contributed by atoms with Gasteiger partial charge in [-0.05, 0) is 31.9 Å². The van der Waals surface area contributed by atoms with E-state index in [0.717, 1.165) is 31.5 Å². The van der Waals surface area contributed by atoms with Gasteiger partial charge in [-0.15, -0.1) is 0 Å². The molecule has 0 amide bonds. The van der Waals surface area contributed by atoms with Gasteiger partial charge in [-0.1, -0.05) is 0 Å². The number of nitrogens with one attached hydrogen (secondary N) is 3. The third kappa shape index (κ3) is 4.09. The van der Waals surface area contributed by atoms with Crippen LogP contribution in [0.15, 0.2) is 17.2 Å². The third-order valence-corrected chi connectivity index (χ3v) is 4.86. The predicted octanol–water partition coefficient (Wildman–Crippen LogP) is 0.536. The Morgan fingerprint density at radius 3 is 2.74 bits per heavy atom. The normalized spacial score (nSPS) is 20.5. The SMILES string of the molecule is Cc1cnc(-c2c(N[C@@H]3CCCNC3)nc(N3CCOCC3)[nH]c2=O)nc1. The molecule has 2 aliphatic rings. The molecule has 9 nitrogen and oxygen atoms in total. The van der Waals surface area contributed by atoms with Crippen molar-refractivity contribution in [2.45, 2.75) is 25.8 Å². The van der Waals surface area contributed by atoms with Crippen molar-refractivity contribution < 1.29 is 4.74 Å². The first-order chi connectivity index (χ1) is 13.2. The van der Waals surface area contributed by atoms with E-state index >= 15 is 0 Å². The van der Waals surface area contributed by atoms with Crippen LogP contribution in [0.5, 0.6) is 0 Å². The lowest BCUT2D eigenvalue weighted by Gasteiger charge is -2.29. The monoisotopic (exact) mass is 371 g/mol. The van der Waals surface area contributed by atoms with Crippen LogP contribution < -0.4 is 21.1 Å². The fraction of sp³-hybridized carbons (Fsp3) is 0.556. The Bertz CT molecular complexity index is 825. The fourth-order valence-corrected chi connectivity index (χ4v) is 3.39. The first-order valence-corrected chi connectivity index (χ1v) is 9.44. The van der Waals surface area contributed by atoms with Crippen molar-refractivity contribution in [3.8, 4) is 11.4 Å². The van der Waals surface area contributed by atoms with Gasteiger partial charge in [-0.2, -0.15) is 4.98 Å². The average molecular weight is 371 g/mol. The van der Waals surface area contributed by atoms with E-state index in [1.54, 1.807) is 12.4 Å². The molecule has 2 aliphatic heterocycles. The van der Waals surface area contributed by atoms with Gasteiger partial charge in [0, 0.05) is 38.1 Å². The van der Waals surface area contributed by atoms with Crippen LogP contribution in [0.25, 0.3) is 11.4 Å². The second-order valence-corrected chi connectivity index (χ2v) is 6.98. The Labute approximate surface area is 157 Å². The number of hydrogen-bond donors (Lipinski definition) is 3. The number of hydrogen-bond acceptors (Lipinski definition) is 8. The fourth-order valence-electron chi connectivity index (χ4n) is 3.39. The Kier molecular flexibility index (Phi) is 5.30. The van der Waals surface area contributed by atoms with Gasteiger partial charge in [0.25, 0.3) is 5.56 Å². The highest BCUT2D eigenvalue weighted by atomic mass is 16.5. The van der Waals surface area contributed by atoms with Gasteiger partial charge in [-0.3, -0.25) is 9.78 Å². The van der Waals surface area contributed by atoms with E-state index in [1.807, 2.05) is 11.8 Å². The zero-order valence-electron chi connectivity index (χ0n) is 15.5. The molecule has 4 heterocycles. The van der Waals surface area contributed by atoms with Gasteiger partial charge < -0.3 is 20.3 Å². The first kappa shape index (κ1) is 17.9. The lowest BCUT2D eigenvalue weighted by Crippen LogP contribution is -2.40. The summed E-state index contributed by atoms with van der Waals surface area (Å²) in [5.41, 5.74) is 1.10. The summed E-state index contributed by atoms with van der Waals surface area (Å²) in [5.74, 6) is 1.48. The topological polar surface area (TPSA) is 108 Å². The van der Waals surface area contributed by atoms with Gasteiger partial charge in [-0.25, -0.2) is 9.97 Å². The highest BCUT2D eigenvalue weighted by Gasteiger charge is 2.23. The van der Waals surface area contributed by atoms with Crippen molar-refractivity contribution in [1.29, 1.82) is 0 Å². The number of aromatic amines is 1.